The highest BCUT2D eigenvalue weighted by Gasteiger charge is 2.20. The quantitative estimate of drug-likeness (QED) is 0.754. The third-order valence-corrected chi connectivity index (χ3v) is 4.64. The molecular formula is C17H17FN2O3S. The predicted octanol–water partition coefficient (Wildman–Crippen LogP) is 2.22. The van der Waals surface area contributed by atoms with Gasteiger partial charge in [0, 0.05) is 18.7 Å². The van der Waals surface area contributed by atoms with Crippen molar-refractivity contribution in [3.05, 3.63) is 78.1 Å². The maximum absolute atomic E-state index is 13.8. The van der Waals surface area contributed by atoms with Gasteiger partial charge in [-0.2, -0.15) is 0 Å². The molecule has 0 radical (unpaired) electrons. The van der Waals surface area contributed by atoms with E-state index in [1.807, 2.05) is 30.3 Å². The van der Waals surface area contributed by atoms with Gasteiger partial charge in [0.25, 0.3) is 5.91 Å². The number of carbonyl (C=O) groups is 1. The molecule has 0 fully saturated rings. The van der Waals surface area contributed by atoms with Gasteiger partial charge in [0.05, 0.1) is 0 Å². The Labute approximate surface area is 140 Å². The average molecular weight is 348 g/mol. The predicted molar refractivity (Wildman–Crippen MR) is 89.4 cm³/mol. The second-order valence-electron chi connectivity index (χ2n) is 4.95. The molecule has 2 aromatic carbocycles. The lowest BCUT2D eigenvalue weighted by Crippen LogP contribution is -2.26. The summed E-state index contributed by atoms with van der Waals surface area (Å²) >= 11 is 0. The van der Waals surface area contributed by atoms with E-state index in [0.29, 0.717) is 0 Å². The molecule has 5 nitrogen and oxygen atoms in total. The van der Waals surface area contributed by atoms with Crippen LogP contribution in [0.2, 0.25) is 0 Å². The van der Waals surface area contributed by atoms with Crippen molar-refractivity contribution in [1.29, 1.82) is 0 Å². The van der Waals surface area contributed by atoms with Crippen molar-refractivity contribution in [2.45, 2.75) is 11.4 Å². The lowest BCUT2D eigenvalue weighted by Gasteiger charge is -2.09. The third kappa shape index (κ3) is 4.50. The fourth-order valence-corrected chi connectivity index (χ4v) is 3.08. The molecule has 0 aliphatic heterocycles. The number of hydrogen-bond donors (Lipinski definition) is 2. The lowest BCUT2D eigenvalue weighted by atomic mass is 10.2. The van der Waals surface area contributed by atoms with Gasteiger partial charge >= 0.3 is 0 Å². The molecule has 0 aliphatic rings. The van der Waals surface area contributed by atoms with Crippen molar-refractivity contribution in [2.75, 3.05) is 6.54 Å². The zero-order valence-electron chi connectivity index (χ0n) is 12.8. The van der Waals surface area contributed by atoms with Gasteiger partial charge in [-0.05, 0) is 23.8 Å². The van der Waals surface area contributed by atoms with Crippen molar-refractivity contribution in [2.24, 2.45) is 0 Å². The molecule has 2 aromatic rings. The zero-order valence-corrected chi connectivity index (χ0v) is 13.6. The minimum absolute atomic E-state index is 0.0355. The van der Waals surface area contributed by atoms with Crippen molar-refractivity contribution < 1.29 is 17.6 Å². The van der Waals surface area contributed by atoms with Crippen LogP contribution in [0.3, 0.4) is 0 Å². The molecule has 0 aromatic heterocycles. The van der Waals surface area contributed by atoms with E-state index in [1.54, 1.807) is 0 Å². The van der Waals surface area contributed by atoms with Gasteiger partial charge in [0.1, 0.15) is 10.7 Å². The summed E-state index contributed by atoms with van der Waals surface area (Å²) in [5.41, 5.74) is 0.958. The highest BCUT2D eigenvalue weighted by Crippen LogP contribution is 2.16. The van der Waals surface area contributed by atoms with Gasteiger partial charge in [-0.3, -0.25) is 4.79 Å². The largest absolute Gasteiger partial charge is 0.348 e. The van der Waals surface area contributed by atoms with Crippen LogP contribution in [0.15, 0.2) is 66.1 Å². The maximum atomic E-state index is 13.8. The normalized spacial score (nSPS) is 11.0. The van der Waals surface area contributed by atoms with E-state index in [9.17, 15) is 17.6 Å². The molecule has 7 heteroatoms. The van der Waals surface area contributed by atoms with E-state index in [1.165, 1.54) is 12.1 Å². The molecule has 2 rings (SSSR count). The third-order valence-electron chi connectivity index (χ3n) is 3.20. The van der Waals surface area contributed by atoms with Crippen LogP contribution < -0.4 is 10.0 Å². The molecule has 0 bridgehead atoms. The van der Waals surface area contributed by atoms with Crippen LogP contribution in [-0.2, 0) is 16.6 Å². The van der Waals surface area contributed by atoms with Crippen molar-refractivity contribution in [1.82, 2.24) is 10.0 Å². The second kappa shape index (κ2) is 7.85. The Bertz CT molecular complexity index is 836. The summed E-state index contributed by atoms with van der Waals surface area (Å²) < 4.78 is 40.1. The molecule has 0 aliphatic carbocycles. The van der Waals surface area contributed by atoms with Gasteiger partial charge in [-0.25, -0.2) is 17.5 Å². The zero-order chi connectivity index (χ0) is 17.6. The van der Waals surface area contributed by atoms with Crippen LogP contribution in [0.5, 0.6) is 0 Å². The minimum Gasteiger partial charge on any atom is -0.348 e. The van der Waals surface area contributed by atoms with Gasteiger partial charge in [-0.15, -0.1) is 6.58 Å². The first-order chi connectivity index (χ1) is 11.4. The summed E-state index contributed by atoms with van der Waals surface area (Å²) in [6.45, 7) is 3.64. The van der Waals surface area contributed by atoms with Crippen LogP contribution in [0.25, 0.3) is 0 Å². The first-order valence-electron chi connectivity index (χ1n) is 7.16. The van der Waals surface area contributed by atoms with Crippen LogP contribution in [-0.4, -0.2) is 20.9 Å². The monoisotopic (exact) mass is 348 g/mol. The van der Waals surface area contributed by atoms with Crippen LogP contribution >= 0.6 is 0 Å². The number of sulfonamides is 1. The smallest absolute Gasteiger partial charge is 0.251 e. The standard InChI is InChI=1S/C17H17FN2O3S/c1-2-10-20-24(22,23)16-11-14(8-9-15(16)18)17(21)19-12-13-6-4-3-5-7-13/h2-9,11,20H,1,10,12H2,(H,19,21). The van der Waals surface area contributed by atoms with E-state index < -0.39 is 26.6 Å². The summed E-state index contributed by atoms with van der Waals surface area (Å²) in [6, 6.07) is 12.5. The molecular weight excluding hydrogens is 331 g/mol. The van der Waals surface area contributed by atoms with Crippen molar-refractivity contribution in [3.8, 4) is 0 Å². The minimum atomic E-state index is -4.05. The Morgan fingerprint density at radius 2 is 1.88 bits per heavy atom. The number of benzene rings is 2. The van der Waals surface area contributed by atoms with Gasteiger partial charge in [-0.1, -0.05) is 36.4 Å². The number of nitrogens with one attached hydrogen (secondary N) is 2. The van der Waals surface area contributed by atoms with Crippen LogP contribution in [0, 0.1) is 5.82 Å². The number of amides is 1. The Morgan fingerprint density at radius 3 is 2.54 bits per heavy atom. The Balaban J connectivity index is 2.18. The molecule has 0 saturated heterocycles. The Kier molecular flexibility index (Phi) is 5.83. The average Bonchev–Trinajstić information content (AvgIpc) is 2.59. The SMILES string of the molecule is C=CCNS(=O)(=O)c1cc(C(=O)NCc2ccccc2)ccc1F. The first-order valence-corrected chi connectivity index (χ1v) is 8.64. The highest BCUT2D eigenvalue weighted by molar-refractivity contribution is 7.89. The van der Waals surface area contributed by atoms with E-state index in [-0.39, 0.29) is 18.7 Å². The number of rotatable bonds is 7. The maximum Gasteiger partial charge on any atom is 0.251 e. The van der Waals surface area contributed by atoms with Gasteiger partial charge < -0.3 is 5.32 Å². The summed E-state index contributed by atoms with van der Waals surface area (Å²) in [7, 11) is -4.05. The summed E-state index contributed by atoms with van der Waals surface area (Å²) in [4.78, 5) is 11.6. The molecule has 24 heavy (non-hydrogen) atoms. The molecule has 0 unspecified atom stereocenters. The summed E-state index contributed by atoms with van der Waals surface area (Å²) in [5, 5.41) is 2.66. The van der Waals surface area contributed by atoms with Gasteiger partial charge in [0.15, 0.2) is 0 Å². The number of hydrogen-bond acceptors (Lipinski definition) is 3. The molecule has 2 N–H and O–H groups in total. The molecule has 1 amide bonds. The molecule has 0 heterocycles. The van der Waals surface area contributed by atoms with E-state index in [2.05, 4.69) is 16.6 Å². The summed E-state index contributed by atoms with van der Waals surface area (Å²) in [6.07, 6.45) is 1.34. The molecule has 0 saturated carbocycles. The Morgan fingerprint density at radius 1 is 1.17 bits per heavy atom. The fourth-order valence-electron chi connectivity index (χ4n) is 1.98. The summed E-state index contributed by atoms with van der Waals surface area (Å²) in [5.74, 6) is -1.41. The fraction of sp³-hybridized carbons (Fsp3) is 0.118. The van der Waals surface area contributed by atoms with Crippen molar-refractivity contribution in [3.63, 3.8) is 0 Å². The van der Waals surface area contributed by atoms with Gasteiger partial charge in [0.2, 0.25) is 10.0 Å². The van der Waals surface area contributed by atoms with E-state index >= 15 is 0 Å². The van der Waals surface area contributed by atoms with Crippen molar-refractivity contribution >= 4 is 15.9 Å². The lowest BCUT2D eigenvalue weighted by molar-refractivity contribution is 0.0950. The number of halogens is 1. The highest BCUT2D eigenvalue weighted by atomic mass is 32.2. The number of carbonyl (C=O) groups excluding carboxylic acids is 1. The molecule has 0 spiro atoms. The van der Waals surface area contributed by atoms with Crippen LogP contribution in [0.1, 0.15) is 15.9 Å². The molecule has 126 valence electrons. The van der Waals surface area contributed by atoms with E-state index in [0.717, 1.165) is 17.7 Å². The second-order valence-corrected chi connectivity index (χ2v) is 6.69. The Hall–Kier alpha value is -2.51. The van der Waals surface area contributed by atoms with Crippen LogP contribution in [0.4, 0.5) is 4.39 Å². The first kappa shape index (κ1) is 17.8. The topological polar surface area (TPSA) is 75.3 Å². The van der Waals surface area contributed by atoms with E-state index in [4.69, 9.17) is 0 Å². The molecule has 0 atom stereocenters.